The summed E-state index contributed by atoms with van der Waals surface area (Å²) in [6, 6.07) is 11.4. The quantitative estimate of drug-likeness (QED) is 0.693. The molecule has 2 aromatic carbocycles. The Balaban J connectivity index is 2.00. The first-order valence-electron chi connectivity index (χ1n) is 9.79. The summed E-state index contributed by atoms with van der Waals surface area (Å²) in [6.07, 6.45) is -4.50. The summed E-state index contributed by atoms with van der Waals surface area (Å²) in [7, 11) is 4.54. The molecule has 0 spiro atoms. The first-order valence-corrected chi connectivity index (χ1v) is 9.79. The number of ether oxygens (including phenoxy) is 2. The van der Waals surface area contributed by atoms with Crippen molar-refractivity contribution in [3.63, 3.8) is 0 Å². The van der Waals surface area contributed by atoms with E-state index in [1.54, 1.807) is 26.0 Å². The molecular weight excluding hydrogens is 423 g/mol. The fraction of sp³-hybridized carbons (Fsp3) is 0.304. The molecule has 0 aromatic heterocycles. The maximum atomic E-state index is 13.3. The summed E-state index contributed by atoms with van der Waals surface area (Å²) in [4.78, 5) is 18.8. The molecule has 2 aromatic rings. The van der Waals surface area contributed by atoms with Crippen LogP contribution in [0.2, 0.25) is 0 Å². The molecule has 1 unspecified atom stereocenters. The van der Waals surface area contributed by atoms with Crippen LogP contribution in [-0.4, -0.2) is 38.1 Å². The fourth-order valence-corrected chi connectivity index (χ4v) is 3.42. The van der Waals surface area contributed by atoms with E-state index < -0.39 is 23.8 Å². The molecule has 1 aliphatic heterocycles. The number of nitrogens with one attached hydrogen (secondary N) is 1. The third-order valence-corrected chi connectivity index (χ3v) is 5.30. The Morgan fingerprint density at radius 1 is 1.16 bits per heavy atom. The molecule has 0 aliphatic carbocycles. The largest absolute Gasteiger partial charge is 0.497 e. The molecule has 0 amide bonds. The van der Waals surface area contributed by atoms with Gasteiger partial charge in [-0.2, -0.15) is 13.2 Å². The van der Waals surface area contributed by atoms with Crippen LogP contribution in [0.5, 0.6) is 5.75 Å². The SMILES string of the molecule is COC(=O)C1=C(C)N(C)C(=NCc2ccc(OC)cc2)NC1c1cccc(C(F)(F)F)c1. The van der Waals surface area contributed by atoms with E-state index in [2.05, 4.69) is 10.3 Å². The first kappa shape index (κ1) is 23.2. The number of carbonyl (C=O) groups excluding carboxylic acids is 1. The average molecular weight is 447 g/mol. The van der Waals surface area contributed by atoms with Crippen LogP contribution >= 0.6 is 0 Å². The van der Waals surface area contributed by atoms with Crippen molar-refractivity contribution in [2.24, 2.45) is 4.99 Å². The van der Waals surface area contributed by atoms with Crippen LogP contribution in [0.1, 0.15) is 29.7 Å². The van der Waals surface area contributed by atoms with Gasteiger partial charge in [0.05, 0.1) is 37.9 Å². The molecule has 6 nitrogen and oxygen atoms in total. The summed E-state index contributed by atoms with van der Waals surface area (Å²) in [5.41, 5.74) is 1.16. The van der Waals surface area contributed by atoms with Gasteiger partial charge in [0, 0.05) is 12.7 Å². The van der Waals surface area contributed by atoms with Gasteiger partial charge >= 0.3 is 12.1 Å². The van der Waals surface area contributed by atoms with Crippen molar-refractivity contribution in [3.8, 4) is 5.75 Å². The second-order valence-electron chi connectivity index (χ2n) is 7.24. The number of nitrogens with zero attached hydrogens (tertiary/aromatic N) is 2. The lowest BCUT2D eigenvalue weighted by atomic mass is 9.93. The number of rotatable bonds is 5. The average Bonchev–Trinajstić information content (AvgIpc) is 2.79. The Hall–Kier alpha value is -3.49. The predicted molar refractivity (Wildman–Crippen MR) is 114 cm³/mol. The minimum Gasteiger partial charge on any atom is -0.497 e. The van der Waals surface area contributed by atoms with Gasteiger partial charge in [0.2, 0.25) is 0 Å². The van der Waals surface area contributed by atoms with Crippen LogP contribution < -0.4 is 10.1 Å². The van der Waals surface area contributed by atoms with Crippen LogP contribution in [0, 0.1) is 0 Å². The van der Waals surface area contributed by atoms with Crippen molar-refractivity contribution in [1.29, 1.82) is 0 Å². The number of esters is 1. The van der Waals surface area contributed by atoms with E-state index in [0.29, 0.717) is 18.2 Å². The molecule has 0 saturated heterocycles. The van der Waals surface area contributed by atoms with Crippen molar-refractivity contribution in [2.45, 2.75) is 25.7 Å². The van der Waals surface area contributed by atoms with E-state index >= 15 is 0 Å². The molecule has 1 aliphatic rings. The van der Waals surface area contributed by atoms with Gasteiger partial charge in [-0.25, -0.2) is 9.79 Å². The van der Waals surface area contributed by atoms with Crippen LogP contribution in [0.15, 0.2) is 64.8 Å². The van der Waals surface area contributed by atoms with Gasteiger partial charge in [0.25, 0.3) is 0 Å². The number of hydrogen-bond acceptors (Lipinski definition) is 4. The second kappa shape index (κ2) is 9.33. The number of aliphatic imine (C=N–C) groups is 1. The lowest BCUT2D eigenvalue weighted by Gasteiger charge is -2.36. The molecule has 0 fully saturated rings. The van der Waals surface area contributed by atoms with E-state index in [1.807, 2.05) is 24.3 Å². The first-order chi connectivity index (χ1) is 15.2. The second-order valence-corrected chi connectivity index (χ2v) is 7.24. The lowest BCUT2D eigenvalue weighted by molar-refractivity contribution is -0.137. The molecular formula is C23H24F3N3O3. The molecule has 3 rings (SSSR count). The number of allylic oxidation sites excluding steroid dienone is 1. The van der Waals surface area contributed by atoms with Gasteiger partial charge in [0.1, 0.15) is 5.75 Å². The van der Waals surface area contributed by atoms with Gasteiger partial charge in [-0.15, -0.1) is 0 Å². The highest BCUT2D eigenvalue weighted by Gasteiger charge is 2.36. The summed E-state index contributed by atoms with van der Waals surface area (Å²) >= 11 is 0. The molecule has 32 heavy (non-hydrogen) atoms. The van der Waals surface area contributed by atoms with E-state index in [-0.39, 0.29) is 11.1 Å². The topological polar surface area (TPSA) is 63.2 Å². The Labute approximate surface area is 184 Å². The number of carbonyl (C=O) groups is 1. The molecule has 1 atom stereocenters. The van der Waals surface area contributed by atoms with Gasteiger partial charge < -0.3 is 19.7 Å². The smallest absolute Gasteiger partial charge is 0.416 e. The fourth-order valence-electron chi connectivity index (χ4n) is 3.42. The molecule has 1 heterocycles. The molecule has 0 radical (unpaired) electrons. The van der Waals surface area contributed by atoms with Crippen molar-refractivity contribution in [2.75, 3.05) is 21.3 Å². The zero-order valence-corrected chi connectivity index (χ0v) is 18.2. The number of alkyl halides is 3. The molecule has 0 saturated carbocycles. The van der Waals surface area contributed by atoms with Gasteiger partial charge in [-0.05, 0) is 42.3 Å². The Morgan fingerprint density at radius 3 is 2.44 bits per heavy atom. The maximum Gasteiger partial charge on any atom is 0.416 e. The van der Waals surface area contributed by atoms with Crippen LogP contribution in [-0.2, 0) is 22.3 Å². The highest BCUT2D eigenvalue weighted by Crippen LogP contribution is 2.35. The molecule has 0 bridgehead atoms. The van der Waals surface area contributed by atoms with Crippen LogP contribution in [0.3, 0.4) is 0 Å². The Kier molecular flexibility index (Phi) is 6.76. The van der Waals surface area contributed by atoms with Crippen LogP contribution in [0.4, 0.5) is 13.2 Å². The Bertz CT molecular complexity index is 1050. The maximum absolute atomic E-state index is 13.3. The van der Waals surface area contributed by atoms with Crippen molar-refractivity contribution in [1.82, 2.24) is 10.2 Å². The summed E-state index contributed by atoms with van der Waals surface area (Å²) in [6.45, 7) is 2.03. The molecule has 9 heteroatoms. The van der Waals surface area contributed by atoms with Crippen LogP contribution in [0.25, 0.3) is 0 Å². The predicted octanol–water partition coefficient (Wildman–Crippen LogP) is 4.29. The third-order valence-electron chi connectivity index (χ3n) is 5.30. The van der Waals surface area contributed by atoms with Crippen molar-refractivity contribution in [3.05, 3.63) is 76.5 Å². The third kappa shape index (κ3) is 4.87. The summed E-state index contributed by atoms with van der Waals surface area (Å²) in [5.74, 6) is 0.521. The molecule has 1 N–H and O–H groups in total. The summed E-state index contributed by atoms with van der Waals surface area (Å²) < 4.78 is 49.9. The van der Waals surface area contributed by atoms with Crippen molar-refractivity contribution < 1.29 is 27.4 Å². The standard InChI is InChI=1S/C23H24F3N3O3/c1-14-19(21(30)32-4)20(16-6-5-7-17(12-16)23(24,25)26)28-22(29(14)2)27-13-15-8-10-18(31-3)11-9-15/h5-12,20H,13H2,1-4H3,(H,27,28). The number of hydrogen-bond donors (Lipinski definition) is 1. The highest BCUT2D eigenvalue weighted by molar-refractivity contribution is 5.96. The summed E-state index contributed by atoms with van der Waals surface area (Å²) in [5, 5.41) is 3.11. The monoisotopic (exact) mass is 447 g/mol. The van der Waals surface area contributed by atoms with E-state index in [0.717, 1.165) is 23.4 Å². The van der Waals surface area contributed by atoms with E-state index in [9.17, 15) is 18.0 Å². The van der Waals surface area contributed by atoms with Crippen molar-refractivity contribution >= 4 is 11.9 Å². The molecule has 170 valence electrons. The Morgan fingerprint density at radius 2 is 1.84 bits per heavy atom. The normalized spacial score (nSPS) is 17.9. The minimum absolute atomic E-state index is 0.220. The van der Waals surface area contributed by atoms with E-state index in [4.69, 9.17) is 9.47 Å². The number of guanidine groups is 1. The zero-order chi connectivity index (χ0) is 23.5. The van der Waals surface area contributed by atoms with Gasteiger partial charge in [0.15, 0.2) is 5.96 Å². The van der Waals surface area contributed by atoms with Gasteiger partial charge in [-0.3, -0.25) is 0 Å². The minimum atomic E-state index is -4.50. The number of halogens is 3. The van der Waals surface area contributed by atoms with Gasteiger partial charge in [-0.1, -0.05) is 24.3 Å². The number of benzene rings is 2. The zero-order valence-electron chi connectivity index (χ0n) is 18.2. The highest BCUT2D eigenvalue weighted by atomic mass is 19.4. The lowest BCUT2D eigenvalue weighted by Crippen LogP contribution is -2.47. The number of methoxy groups -OCH3 is 2. The van der Waals surface area contributed by atoms with E-state index in [1.165, 1.54) is 19.2 Å².